The molecule has 0 bridgehead atoms. The van der Waals surface area contributed by atoms with Gasteiger partial charge in [-0.05, 0) is 25.8 Å². The zero-order valence-electron chi connectivity index (χ0n) is 12.6. The van der Waals surface area contributed by atoms with E-state index in [0.29, 0.717) is 12.5 Å². The van der Waals surface area contributed by atoms with Crippen molar-refractivity contribution in [3.05, 3.63) is 36.2 Å². The molecular formula is C15H21N5O. The van der Waals surface area contributed by atoms with E-state index in [1.54, 1.807) is 10.9 Å². The molecule has 1 fully saturated rings. The molecule has 6 nitrogen and oxygen atoms in total. The topological polar surface area (TPSA) is 56.0 Å². The second-order valence-corrected chi connectivity index (χ2v) is 5.73. The third-order valence-corrected chi connectivity index (χ3v) is 4.03. The molecule has 0 radical (unpaired) electrons. The molecule has 1 atom stereocenters. The fourth-order valence-corrected chi connectivity index (χ4v) is 3.06. The number of likely N-dealkylation sites (tertiary alicyclic amines) is 1. The first-order valence-corrected chi connectivity index (χ1v) is 7.38. The molecular weight excluding hydrogens is 266 g/mol. The van der Waals surface area contributed by atoms with E-state index < -0.39 is 0 Å². The maximum atomic E-state index is 12.4. The number of hydrogen-bond donors (Lipinski definition) is 0. The van der Waals surface area contributed by atoms with E-state index in [2.05, 4.69) is 14.6 Å². The van der Waals surface area contributed by atoms with Crippen LogP contribution in [-0.4, -0.2) is 43.2 Å². The van der Waals surface area contributed by atoms with Gasteiger partial charge in [-0.3, -0.25) is 9.48 Å². The summed E-state index contributed by atoms with van der Waals surface area (Å²) in [5.74, 6) is 1.55. The molecule has 0 aliphatic carbocycles. The molecule has 112 valence electrons. The van der Waals surface area contributed by atoms with Gasteiger partial charge in [-0.1, -0.05) is 0 Å². The van der Waals surface area contributed by atoms with Gasteiger partial charge >= 0.3 is 0 Å². The number of piperidine rings is 1. The molecule has 1 saturated heterocycles. The minimum atomic E-state index is 0.134. The van der Waals surface area contributed by atoms with Crippen molar-refractivity contribution in [1.82, 2.24) is 24.2 Å². The lowest BCUT2D eigenvalue weighted by Crippen LogP contribution is -2.41. The van der Waals surface area contributed by atoms with E-state index in [1.807, 2.05) is 37.3 Å². The summed E-state index contributed by atoms with van der Waals surface area (Å²) in [5, 5.41) is 4.10. The average Bonchev–Trinajstić information content (AvgIpc) is 3.08. The lowest BCUT2D eigenvalue weighted by Gasteiger charge is -2.32. The second-order valence-electron chi connectivity index (χ2n) is 5.73. The Kier molecular flexibility index (Phi) is 3.77. The number of aromatic nitrogens is 4. The van der Waals surface area contributed by atoms with Crippen LogP contribution in [0.2, 0.25) is 0 Å². The van der Waals surface area contributed by atoms with Crippen LogP contribution in [0.4, 0.5) is 0 Å². The Morgan fingerprint density at radius 2 is 2.33 bits per heavy atom. The van der Waals surface area contributed by atoms with Gasteiger partial charge in [0.1, 0.15) is 12.4 Å². The number of aryl methyl sites for hydroxylation is 2. The van der Waals surface area contributed by atoms with Crippen LogP contribution in [0.3, 0.4) is 0 Å². The third-order valence-electron chi connectivity index (χ3n) is 4.03. The first-order valence-electron chi connectivity index (χ1n) is 7.38. The molecule has 0 saturated carbocycles. The van der Waals surface area contributed by atoms with Crippen molar-refractivity contribution in [2.24, 2.45) is 7.05 Å². The van der Waals surface area contributed by atoms with Crippen LogP contribution in [0.25, 0.3) is 0 Å². The number of nitrogens with zero attached hydrogens (tertiary/aromatic N) is 5. The number of rotatable bonds is 3. The van der Waals surface area contributed by atoms with Gasteiger partial charge in [0, 0.05) is 44.6 Å². The highest BCUT2D eigenvalue weighted by Crippen LogP contribution is 2.26. The van der Waals surface area contributed by atoms with E-state index in [9.17, 15) is 4.79 Å². The van der Waals surface area contributed by atoms with E-state index >= 15 is 0 Å². The van der Waals surface area contributed by atoms with Gasteiger partial charge in [0.25, 0.3) is 0 Å². The fourth-order valence-electron chi connectivity index (χ4n) is 3.06. The first kappa shape index (κ1) is 13.9. The van der Waals surface area contributed by atoms with Crippen molar-refractivity contribution in [1.29, 1.82) is 0 Å². The Bertz CT molecular complexity index is 616. The molecule has 1 aliphatic heterocycles. The van der Waals surface area contributed by atoms with Gasteiger partial charge in [-0.25, -0.2) is 4.98 Å². The van der Waals surface area contributed by atoms with E-state index in [4.69, 9.17) is 0 Å². The van der Waals surface area contributed by atoms with E-state index in [1.165, 1.54) is 0 Å². The molecule has 1 unspecified atom stereocenters. The van der Waals surface area contributed by atoms with E-state index in [-0.39, 0.29) is 5.91 Å². The number of carbonyl (C=O) groups excluding carboxylic acids is 1. The second kappa shape index (κ2) is 5.71. The molecule has 21 heavy (non-hydrogen) atoms. The van der Waals surface area contributed by atoms with Crippen molar-refractivity contribution in [3.63, 3.8) is 0 Å². The molecule has 2 aromatic heterocycles. The lowest BCUT2D eigenvalue weighted by molar-refractivity contribution is -0.133. The van der Waals surface area contributed by atoms with Crippen LogP contribution in [0.5, 0.6) is 0 Å². The van der Waals surface area contributed by atoms with Crippen molar-refractivity contribution >= 4 is 5.91 Å². The number of amides is 1. The SMILES string of the molecule is Cc1cn(C)c(C2CCCN(C(=O)Cn3cccn3)C2)n1. The predicted molar refractivity (Wildman–Crippen MR) is 78.7 cm³/mol. The molecule has 0 N–H and O–H groups in total. The number of carbonyl (C=O) groups is 1. The highest BCUT2D eigenvalue weighted by atomic mass is 16.2. The summed E-state index contributed by atoms with van der Waals surface area (Å²) in [5.41, 5.74) is 1.03. The van der Waals surface area contributed by atoms with Gasteiger partial charge in [-0.2, -0.15) is 5.10 Å². The van der Waals surface area contributed by atoms with Crippen LogP contribution in [0.1, 0.15) is 30.3 Å². The summed E-state index contributed by atoms with van der Waals surface area (Å²) >= 11 is 0. The number of imidazole rings is 1. The Morgan fingerprint density at radius 1 is 1.48 bits per heavy atom. The van der Waals surface area contributed by atoms with Crippen molar-refractivity contribution in [3.8, 4) is 0 Å². The zero-order valence-corrected chi connectivity index (χ0v) is 12.6. The summed E-state index contributed by atoms with van der Waals surface area (Å²) in [4.78, 5) is 18.9. The summed E-state index contributed by atoms with van der Waals surface area (Å²) in [6.45, 7) is 3.91. The Labute approximate surface area is 124 Å². The summed E-state index contributed by atoms with van der Waals surface area (Å²) in [6.07, 6.45) is 7.68. The maximum absolute atomic E-state index is 12.4. The number of hydrogen-bond acceptors (Lipinski definition) is 3. The van der Waals surface area contributed by atoms with Crippen LogP contribution in [-0.2, 0) is 18.4 Å². The van der Waals surface area contributed by atoms with E-state index in [0.717, 1.165) is 37.4 Å². The van der Waals surface area contributed by atoms with Crippen molar-refractivity contribution in [2.45, 2.75) is 32.2 Å². The van der Waals surface area contributed by atoms with Gasteiger partial charge in [-0.15, -0.1) is 0 Å². The van der Waals surface area contributed by atoms with Crippen molar-refractivity contribution in [2.75, 3.05) is 13.1 Å². The lowest BCUT2D eigenvalue weighted by atomic mass is 9.97. The smallest absolute Gasteiger partial charge is 0.244 e. The monoisotopic (exact) mass is 287 g/mol. The standard InChI is InChI=1S/C15H21N5O/c1-12-9-18(2)15(17-12)13-5-3-7-19(10-13)14(21)11-20-8-4-6-16-20/h4,6,8-9,13H,3,5,7,10-11H2,1-2H3. The van der Waals surface area contributed by atoms with Crippen LogP contribution < -0.4 is 0 Å². The largest absolute Gasteiger partial charge is 0.340 e. The average molecular weight is 287 g/mol. The summed E-state index contributed by atoms with van der Waals surface area (Å²) in [6, 6.07) is 1.84. The third kappa shape index (κ3) is 2.99. The molecule has 2 aromatic rings. The summed E-state index contributed by atoms with van der Waals surface area (Å²) in [7, 11) is 2.03. The summed E-state index contributed by atoms with van der Waals surface area (Å²) < 4.78 is 3.76. The maximum Gasteiger partial charge on any atom is 0.244 e. The Morgan fingerprint density at radius 3 is 3.00 bits per heavy atom. The molecule has 0 spiro atoms. The Balaban J connectivity index is 1.68. The highest BCUT2D eigenvalue weighted by Gasteiger charge is 2.27. The minimum absolute atomic E-state index is 0.134. The van der Waals surface area contributed by atoms with Gasteiger partial charge in [0.15, 0.2) is 0 Å². The van der Waals surface area contributed by atoms with Gasteiger partial charge < -0.3 is 9.47 Å². The Hall–Kier alpha value is -2.11. The van der Waals surface area contributed by atoms with Crippen LogP contribution in [0.15, 0.2) is 24.7 Å². The molecule has 1 amide bonds. The molecule has 3 rings (SSSR count). The van der Waals surface area contributed by atoms with Crippen LogP contribution in [0, 0.1) is 6.92 Å². The molecule has 6 heteroatoms. The van der Waals surface area contributed by atoms with Crippen molar-refractivity contribution < 1.29 is 4.79 Å². The first-order chi connectivity index (χ1) is 10.1. The quantitative estimate of drug-likeness (QED) is 0.856. The molecule has 0 aromatic carbocycles. The zero-order chi connectivity index (χ0) is 14.8. The predicted octanol–water partition coefficient (Wildman–Crippen LogP) is 1.33. The normalized spacial score (nSPS) is 19.0. The van der Waals surface area contributed by atoms with Crippen LogP contribution >= 0.6 is 0 Å². The molecule has 3 heterocycles. The van der Waals surface area contributed by atoms with Gasteiger partial charge in [0.05, 0.1) is 5.69 Å². The fraction of sp³-hybridized carbons (Fsp3) is 0.533. The van der Waals surface area contributed by atoms with Gasteiger partial charge in [0.2, 0.25) is 5.91 Å². The minimum Gasteiger partial charge on any atom is -0.340 e. The molecule has 1 aliphatic rings. The highest BCUT2D eigenvalue weighted by molar-refractivity contribution is 5.76.